The number of aryl methyl sites for hydroxylation is 2. The molecule has 0 aliphatic rings. The zero-order valence-electron chi connectivity index (χ0n) is 77.0. The van der Waals surface area contributed by atoms with E-state index < -0.39 is 157 Å². The van der Waals surface area contributed by atoms with Crippen LogP contribution in [0.3, 0.4) is 0 Å². The van der Waals surface area contributed by atoms with E-state index in [1.54, 1.807) is 36.4 Å². The third-order valence-corrected chi connectivity index (χ3v) is 30.4. The molecule has 780 valence electrons. The number of nitrogens with one attached hydrogen (secondary N) is 4. The van der Waals surface area contributed by atoms with E-state index in [2.05, 4.69) is 35.7 Å². The van der Waals surface area contributed by atoms with Crippen molar-refractivity contribution in [2.75, 3.05) is 21.3 Å². The van der Waals surface area contributed by atoms with Crippen molar-refractivity contribution >= 4 is 187 Å². The minimum absolute atomic E-state index is 0.00152. The molecule has 3 unspecified atom stereocenters. The highest BCUT2D eigenvalue weighted by atomic mass is 32.2. The highest BCUT2D eigenvalue weighted by Crippen LogP contribution is 2.46. The number of carbonyl (C=O) groups is 2. The van der Waals surface area contributed by atoms with Crippen LogP contribution >= 0.6 is 24.1 Å². The van der Waals surface area contributed by atoms with Crippen LogP contribution in [0.15, 0.2) is 301 Å². The molecule has 0 aliphatic heterocycles. The fourth-order valence-electron chi connectivity index (χ4n) is 16.8. The highest BCUT2D eigenvalue weighted by molar-refractivity contribution is 7.95. The van der Waals surface area contributed by atoms with Gasteiger partial charge in [0.15, 0.2) is 0 Å². The van der Waals surface area contributed by atoms with Crippen molar-refractivity contribution in [2.45, 2.75) is 99.5 Å². The summed E-state index contributed by atoms with van der Waals surface area (Å²) in [5, 5.41) is 86.7. The Morgan fingerprint density at radius 2 is 0.693 bits per heavy atom. The standard InChI is InChI=1S/C51H44N2O15S4.C49H40N2O21S6/c1-29-3-7-31(8-4-29)19-33-11-13-35(46(21-33)67-69(57)58)24-44-47(68-70(59)60)26-37-23-38(15-17-40(37)50(44)55)52-51(56)53-39-16-18-41-42(27-39)45(54)28-49(72(64,65)66)43(41)25-36-14-12-34(22-48(36)71(61,62)63)20-32-9-5-30(2)6-10-32;52-43-26-46(74-72-70-56)41(22-31-7-1-29(19-45(31)73-71-69-55)17-27-3-11-36(12-4-27)76(59,60)61)40-25-35(10-16-39(40)43)51-49(54)50-34-9-15-38-33(21-34)24-44(68-75(57)58)42(48(38)53)23-32-8-2-30(20-47(32)78(65,66)67)18-28-5-13-37(14-6-28)77(62,63)64/h3-18,21-23,26-28,54-55H,19-20,24-25H2,1-2H3,(H,57,58)(H,59,60)(H2,52,53,56)(H,61,62,63)(H,64,65,66);1-16,19-21,24-26,52-53,55-56H,17-18,22-23H2,(H,57,58)(H2,50,51,54)(H,59,60,61)(H,62,63,64)(H,65,66,67)/p-10. The monoisotopic (exact) mass is 2230 g/mol. The van der Waals surface area contributed by atoms with Gasteiger partial charge in [-0.05, 0) is 278 Å². The first-order valence-corrected chi connectivity index (χ1v) is 55.0. The van der Waals surface area contributed by atoms with Gasteiger partial charge in [-0.3, -0.25) is 5.04 Å². The molecule has 0 fully saturated rings. The van der Waals surface area contributed by atoms with Crippen LogP contribution in [0.1, 0.15) is 100 Å². The fourth-order valence-corrected chi connectivity index (χ4v) is 21.9. The van der Waals surface area contributed by atoms with Crippen LogP contribution in [0.25, 0.3) is 43.1 Å². The van der Waals surface area contributed by atoms with Crippen LogP contribution in [0.5, 0.6) is 40.2 Å². The summed E-state index contributed by atoms with van der Waals surface area (Å²) in [6.07, 6.45) is -0.363. The maximum absolute atomic E-state index is 14.0. The minimum Gasteiger partial charge on any atom is -0.872 e. The molecule has 0 aliphatic carbocycles. The van der Waals surface area contributed by atoms with Crippen LogP contribution in [0.2, 0.25) is 0 Å². The molecule has 40 nitrogen and oxygen atoms in total. The molecule has 0 aromatic heterocycles. The molecule has 16 rings (SSSR count). The summed E-state index contributed by atoms with van der Waals surface area (Å²) >= 11 is -8.27. The van der Waals surface area contributed by atoms with Crippen molar-refractivity contribution < 1.29 is 163 Å². The van der Waals surface area contributed by atoms with E-state index in [9.17, 15) is 126 Å². The quantitative estimate of drug-likeness (QED) is 0.00589. The second-order valence-corrected chi connectivity index (χ2v) is 43.7. The van der Waals surface area contributed by atoms with Crippen LogP contribution in [-0.4, -0.2) is 124 Å². The Balaban J connectivity index is 0.000000225. The topological polar surface area (TPSA) is 680 Å². The van der Waals surface area contributed by atoms with Gasteiger partial charge in [-0.2, -0.15) is 4.33 Å². The zero-order chi connectivity index (χ0) is 108. The number of aromatic hydroxyl groups is 3. The van der Waals surface area contributed by atoms with Gasteiger partial charge < -0.3 is 95.9 Å². The zero-order valence-corrected chi connectivity index (χ0v) is 85.2. The van der Waals surface area contributed by atoms with E-state index in [1.807, 2.05) is 62.4 Å². The smallest absolute Gasteiger partial charge is 0.323 e. The third-order valence-electron chi connectivity index (χ3n) is 23.6. The molecule has 0 heterocycles. The lowest BCUT2D eigenvalue weighted by Gasteiger charge is -2.23. The summed E-state index contributed by atoms with van der Waals surface area (Å²) in [5.74, 6) is -3.01. The van der Waals surface area contributed by atoms with Gasteiger partial charge in [-0.25, -0.2) is 69.6 Å². The molecule has 0 bridgehead atoms. The van der Waals surface area contributed by atoms with E-state index in [0.29, 0.717) is 91.2 Å². The van der Waals surface area contributed by atoms with Crippen molar-refractivity contribution in [3.8, 4) is 40.2 Å². The molecule has 16 aromatic carbocycles. The van der Waals surface area contributed by atoms with Crippen LogP contribution < -0.4 is 44.2 Å². The number of phenolic OH excluding ortho intramolecular Hbond substituents is 3. The average molecular weight is 2230 g/mol. The largest absolute Gasteiger partial charge is 0.872 e. The van der Waals surface area contributed by atoms with E-state index in [4.69, 9.17) is 22.1 Å². The normalized spacial score (nSPS) is 12.5. The Bertz CT molecular complexity index is 8700. The summed E-state index contributed by atoms with van der Waals surface area (Å²) in [5.41, 5.74) is 7.96. The Hall–Kier alpha value is -14.0. The molecule has 4 amide bonds. The number of phenols is 3. The Morgan fingerprint density at radius 3 is 1.15 bits per heavy atom. The number of benzene rings is 16. The number of hydrogen-bond donors (Lipinski definition) is 8. The number of carbonyl (C=O) groups excluding carboxylic acids is 2. The van der Waals surface area contributed by atoms with Crippen LogP contribution in [-0.2, 0) is 155 Å². The van der Waals surface area contributed by atoms with Crippen molar-refractivity contribution in [1.82, 2.24) is 0 Å². The van der Waals surface area contributed by atoms with E-state index >= 15 is 0 Å². The first-order chi connectivity index (χ1) is 71.0. The molecule has 8 N–H and O–H groups in total. The maximum atomic E-state index is 14.0. The van der Waals surface area contributed by atoms with Gasteiger partial charge in [0.1, 0.15) is 119 Å². The van der Waals surface area contributed by atoms with E-state index in [1.165, 1.54) is 152 Å². The third kappa shape index (κ3) is 27.8. The second-order valence-electron chi connectivity index (χ2n) is 33.7. The fraction of sp³-hybridized carbons (Fsp3) is 0.100. The van der Waals surface area contributed by atoms with Crippen LogP contribution in [0.4, 0.5) is 32.3 Å². The Morgan fingerprint density at radius 1 is 0.327 bits per heavy atom. The molecule has 16 aromatic rings. The number of rotatable bonds is 37. The van der Waals surface area contributed by atoms with Gasteiger partial charge >= 0.3 is 12.1 Å². The predicted molar refractivity (Wildman–Crippen MR) is 536 cm³/mol. The molecule has 50 heteroatoms. The number of anilines is 4. The molecule has 0 saturated heterocycles. The van der Waals surface area contributed by atoms with Crippen molar-refractivity contribution in [1.29, 1.82) is 0 Å². The van der Waals surface area contributed by atoms with Crippen LogP contribution in [0, 0.1) is 13.8 Å². The number of fused-ring (bicyclic) bond motifs is 4. The Kier molecular flexibility index (Phi) is 34.3. The SMILES string of the molecule is Cc1ccc(Cc2ccc(Cc3c(OS(=O)[O-])cc4cc(NC(=O)Nc5ccc6c(Cc7ccc(Cc8ccc(C)cc8)cc7S(=O)(=O)[O-])c(S(=O)(=O)[O-])cc(O)c6c5)ccc4c3O)c(OS(=O)[O-])c2)cc1.O=C(Nc1ccc2c([O-])c(Cc3ccc(Cc4ccc(S(=O)(=O)[O-])cc4)cc3S(=O)(=O)[O-])c(OS(=O)[O-])cc2c1)Nc1ccc2c(O)cc(SOOO)c(Cc3ccc(Cc4ccc(S(=O)(=O)[O-])cc4)cc3SOO[O-])c2c1. The summed E-state index contributed by atoms with van der Waals surface area (Å²) in [4.78, 5) is 24.5. The number of hydrogen-bond acceptors (Lipinski definition) is 38. The van der Waals surface area contributed by atoms with Gasteiger partial charge in [-0.1, -0.05) is 155 Å². The molecule has 150 heavy (non-hydrogen) atoms. The van der Waals surface area contributed by atoms with E-state index in [-0.39, 0.29) is 148 Å². The first kappa shape index (κ1) is 110. The molecular weight excluding hydrogens is 2150 g/mol. The van der Waals surface area contributed by atoms with Gasteiger partial charge in [-0.15, -0.1) is 4.33 Å². The second kappa shape index (κ2) is 46.7. The van der Waals surface area contributed by atoms with Gasteiger partial charge in [0, 0.05) is 85.5 Å². The van der Waals surface area contributed by atoms with Gasteiger partial charge in [0.05, 0.1) is 48.6 Å². The van der Waals surface area contributed by atoms with Gasteiger partial charge in [0.2, 0.25) is 0 Å². The lowest BCUT2D eigenvalue weighted by atomic mass is 9.95. The predicted octanol–water partition coefficient (Wildman–Crippen LogP) is 14.5. The highest BCUT2D eigenvalue weighted by Gasteiger charge is 2.27. The minimum atomic E-state index is -5.29. The number of urea groups is 2. The van der Waals surface area contributed by atoms with E-state index in [0.717, 1.165) is 46.5 Å². The average Bonchev–Trinajstić information content (AvgIpc) is 0.418. The number of amides is 4. The van der Waals surface area contributed by atoms with Crippen molar-refractivity contribution in [3.05, 3.63) is 367 Å². The summed E-state index contributed by atoms with van der Waals surface area (Å²) in [6.45, 7) is 3.86. The maximum Gasteiger partial charge on any atom is 0.323 e. The summed E-state index contributed by atoms with van der Waals surface area (Å²) in [6, 6.07) is 62.7. The first-order valence-electron chi connectivity index (χ1n) is 43.5. The lowest BCUT2D eigenvalue weighted by Crippen LogP contribution is -2.19. The molecule has 0 saturated carbocycles. The van der Waals surface area contributed by atoms with Gasteiger partial charge in [0.25, 0.3) is 0 Å². The Labute approximate surface area is 871 Å². The molecule has 0 spiro atoms. The molecular formula is C100H74N4O36S10-10. The molecule has 0 radical (unpaired) electrons. The lowest BCUT2D eigenvalue weighted by molar-refractivity contribution is -0.777. The summed E-state index contributed by atoms with van der Waals surface area (Å²) < 4.78 is 277. The van der Waals surface area contributed by atoms with Crippen molar-refractivity contribution in [2.24, 2.45) is 0 Å². The van der Waals surface area contributed by atoms with Crippen molar-refractivity contribution in [3.63, 3.8) is 0 Å². The summed E-state index contributed by atoms with van der Waals surface area (Å²) in [7, 11) is -25.0. The molecule has 3 atom stereocenters.